The van der Waals surface area contributed by atoms with Gasteiger partial charge in [0.15, 0.2) is 0 Å². The number of ether oxygens (including phenoxy) is 1. The van der Waals surface area contributed by atoms with Crippen molar-refractivity contribution in [3.63, 3.8) is 0 Å². The second kappa shape index (κ2) is 45.7. The summed E-state index contributed by atoms with van der Waals surface area (Å²) in [6.07, 6.45) is 49.8. The van der Waals surface area contributed by atoms with Gasteiger partial charge < -0.3 is 20.3 Å². The molecule has 0 rings (SSSR count). The Hall–Kier alpha value is -1.40. The third-order valence-electron chi connectivity index (χ3n) is 11.8. The molecule has 0 aromatic heterocycles. The summed E-state index contributed by atoms with van der Waals surface area (Å²) < 4.78 is 5.91. The highest BCUT2D eigenvalue weighted by Crippen LogP contribution is 2.18. The summed E-state index contributed by atoms with van der Waals surface area (Å²) in [5, 5.41) is 23.7. The van der Waals surface area contributed by atoms with Gasteiger partial charge in [-0.3, -0.25) is 9.59 Å². The fourth-order valence-corrected chi connectivity index (χ4v) is 7.96. The van der Waals surface area contributed by atoms with Gasteiger partial charge in [0.2, 0.25) is 5.91 Å². The van der Waals surface area contributed by atoms with Crippen molar-refractivity contribution in [2.45, 2.75) is 296 Å². The zero-order valence-corrected chi connectivity index (χ0v) is 38.5. The number of hydrogen-bond donors (Lipinski definition) is 3. The number of amides is 1. The van der Waals surface area contributed by atoms with Crippen LogP contribution in [0.1, 0.15) is 278 Å². The maximum atomic E-state index is 13.2. The topological polar surface area (TPSA) is 95.9 Å². The molecule has 0 heterocycles. The van der Waals surface area contributed by atoms with Crippen LogP contribution in [0.25, 0.3) is 0 Å². The molecule has 0 bridgehead atoms. The van der Waals surface area contributed by atoms with Crippen molar-refractivity contribution in [3.05, 3.63) is 12.2 Å². The van der Waals surface area contributed by atoms with E-state index in [-0.39, 0.29) is 24.9 Å². The average molecular weight is 806 g/mol. The fraction of sp³-hybridized carbons (Fsp3) is 0.922. The average Bonchev–Trinajstić information content (AvgIpc) is 3.20. The van der Waals surface area contributed by atoms with Crippen LogP contribution in [0.15, 0.2) is 12.2 Å². The summed E-state index contributed by atoms with van der Waals surface area (Å²) in [6, 6.07) is -0.695. The van der Waals surface area contributed by atoms with Crippen LogP contribution in [0.5, 0.6) is 0 Å². The van der Waals surface area contributed by atoms with Crippen LogP contribution in [0.3, 0.4) is 0 Å². The fourth-order valence-electron chi connectivity index (χ4n) is 7.96. The summed E-state index contributed by atoms with van der Waals surface area (Å²) in [4.78, 5) is 26.0. The summed E-state index contributed by atoms with van der Waals surface area (Å²) >= 11 is 0. The van der Waals surface area contributed by atoms with Gasteiger partial charge in [0.1, 0.15) is 6.10 Å². The first-order chi connectivity index (χ1) is 28.0. The van der Waals surface area contributed by atoms with Crippen LogP contribution in [0, 0.1) is 0 Å². The molecule has 338 valence electrons. The second-order valence-electron chi connectivity index (χ2n) is 17.6. The first-order valence-corrected chi connectivity index (χ1v) is 25.4. The van der Waals surface area contributed by atoms with Crippen molar-refractivity contribution in [1.82, 2.24) is 5.32 Å². The monoisotopic (exact) mass is 806 g/mol. The minimum Gasteiger partial charge on any atom is -0.462 e. The van der Waals surface area contributed by atoms with Crippen molar-refractivity contribution in [2.75, 3.05) is 6.61 Å². The molecule has 3 unspecified atom stereocenters. The van der Waals surface area contributed by atoms with E-state index in [0.29, 0.717) is 19.3 Å². The van der Waals surface area contributed by atoms with Crippen molar-refractivity contribution >= 4 is 11.9 Å². The molecule has 57 heavy (non-hydrogen) atoms. The lowest BCUT2D eigenvalue weighted by Crippen LogP contribution is -2.46. The quantitative estimate of drug-likeness (QED) is 0.0323. The van der Waals surface area contributed by atoms with Crippen molar-refractivity contribution in [3.8, 4) is 0 Å². The number of carbonyl (C=O) groups is 2. The van der Waals surface area contributed by atoms with Gasteiger partial charge in [-0.15, -0.1) is 0 Å². The summed E-state index contributed by atoms with van der Waals surface area (Å²) in [5.74, 6) is -0.471. The van der Waals surface area contributed by atoms with Gasteiger partial charge in [-0.25, -0.2) is 0 Å². The number of carbonyl (C=O) groups excluding carboxylic acids is 2. The first-order valence-electron chi connectivity index (χ1n) is 25.4. The SMILES string of the molecule is CCCCC/C=C\CCCCCCCC(=O)OC(CCCCCCCCCCCC)CC(=O)NC(CO)C(O)CCCCCCCCCCCCCCCCCC. The van der Waals surface area contributed by atoms with Gasteiger partial charge in [-0.1, -0.05) is 226 Å². The van der Waals surface area contributed by atoms with Crippen molar-refractivity contribution in [1.29, 1.82) is 0 Å². The molecular formula is C51H99NO5. The number of hydrogen-bond acceptors (Lipinski definition) is 5. The molecular weight excluding hydrogens is 707 g/mol. The van der Waals surface area contributed by atoms with Gasteiger partial charge in [0.25, 0.3) is 0 Å². The highest BCUT2D eigenvalue weighted by atomic mass is 16.5. The molecule has 0 aromatic carbocycles. The Morgan fingerprint density at radius 1 is 0.491 bits per heavy atom. The minimum absolute atomic E-state index is 0.0808. The highest BCUT2D eigenvalue weighted by molar-refractivity contribution is 5.77. The molecule has 3 N–H and O–H groups in total. The van der Waals surface area contributed by atoms with E-state index >= 15 is 0 Å². The second-order valence-corrected chi connectivity index (χ2v) is 17.6. The Morgan fingerprint density at radius 3 is 1.28 bits per heavy atom. The number of allylic oxidation sites excluding steroid dienone is 2. The van der Waals surface area contributed by atoms with Gasteiger partial charge in [0, 0.05) is 6.42 Å². The lowest BCUT2D eigenvalue weighted by atomic mass is 10.0. The maximum absolute atomic E-state index is 13.2. The van der Waals surface area contributed by atoms with Gasteiger partial charge in [-0.2, -0.15) is 0 Å². The molecule has 0 aliphatic heterocycles. The normalized spacial score (nSPS) is 13.3. The largest absolute Gasteiger partial charge is 0.462 e. The molecule has 1 amide bonds. The number of aliphatic hydroxyl groups is 2. The highest BCUT2D eigenvalue weighted by Gasteiger charge is 2.24. The maximum Gasteiger partial charge on any atom is 0.306 e. The van der Waals surface area contributed by atoms with Crippen LogP contribution < -0.4 is 5.32 Å². The molecule has 0 fully saturated rings. The molecule has 3 atom stereocenters. The predicted molar refractivity (Wildman–Crippen MR) is 246 cm³/mol. The van der Waals surface area contributed by atoms with Crippen LogP contribution in [0.4, 0.5) is 0 Å². The van der Waals surface area contributed by atoms with Crippen molar-refractivity contribution in [2.24, 2.45) is 0 Å². The van der Waals surface area contributed by atoms with E-state index in [9.17, 15) is 19.8 Å². The summed E-state index contributed by atoms with van der Waals surface area (Å²) in [5.41, 5.74) is 0. The molecule has 0 aliphatic carbocycles. The van der Waals surface area contributed by atoms with Gasteiger partial charge >= 0.3 is 5.97 Å². The van der Waals surface area contributed by atoms with E-state index in [2.05, 4.69) is 38.2 Å². The smallest absolute Gasteiger partial charge is 0.306 e. The van der Waals surface area contributed by atoms with Crippen LogP contribution in [-0.2, 0) is 14.3 Å². The third kappa shape index (κ3) is 41.1. The summed E-state index contributed by atoms with van der Waals surface area (Å²) in [6.45, 7) is 6.47. The van der Waals surface area contributed by atoms with Crippen LogP contribution in [-0.4, -0.2) is 46.9 Å². The molecule has 0 aromatic rings. The van der Waals surface area contributed by atoms with E-state index in [1.165, 1.54) is 180 Å². The Morgan fingerprint density at radius 2 is 0.842 bits per heavy atom. The van der Waals surface area contributed by atoms with E-state index in [0.717, 1.165) is 51.4 Å². The molecule has 0 spiro atoms. The number of rotatable bonds is 46. The Balaban J connectivity index is 4.44. The zero-order chi connectivity index (χ0) is 41.7. The van der Waals surface area contributed by atoms with E-state index in [4.69, 9.17) is 4.74 Å². The molecule has 6 heteroatoms. The van der Waals surface area contributed by atoms with Gasteiger partial charge in [0.05, 0.1) is 25.2 Å². The number of nitrogens with one attached hydrogen (secondary N) is 1. The Bertz CT molecular complexity index is 863. The number of aliphatic hydroxyl groups excluding tert-OH is 2. The third-order valence-corrected chi connectivity index (χ3v) is 11.8. The Kier molecular flexibility index (Phi) is 44.6. The summed E-state index contributed by atoms with van der Waals surface area (Å²) in [7, 11) is 0. The predicted octanol–water partition coefficient (Wildman–Crippen LogP) is 15.0. The molecule has 0 radical (unpaired) electrons. The van der Waals surface area contributed by atoms with Crippen LogP contribution in [0.2, 0.25) is 0 Å². The molecule has 6 nitrogen and oxygen atoms in total. The van der Waals surface area contributed by atoms with Gasteiger partial charge in [-0.05, 0) is 51.4 Å². The zero-order valence-electron chi connectivity index (χ0n) is 38.5. The minimum atomic E-state index is -0.782. The van der Waals surface area contributed by atoms with E-state index in [1.54, 1.807) is 0 Å². The van der Waals surface area contributed by atoms with E-state index < -0.39 is 18.2 Å². The molecule has 0 saturated carbocycles. The van der Waals surface area contributed by atoms with E-state index in [1.807, 2.05) is 0 Å². The number of esters is 1. The number of unbranched alkanes of at least 4 members (excludes halogenated alkanes) is 32. The Labute approximate surface area is 355 Å². The first kappa shape index (κ1) is 55.6. The van der Waals surface area contributed by atoms with Crippen molar-refractivity contribution < 1.29 is 24.5 Å². The lowest BCUT2D eigenvalue weighted by Gasteiger charge is -2.24. The standard InChI is InChI=1S/C51H99NO5/c1-4-7-10-13-16-19-22-24-25-26-27-28-31-34-37-40-43-49(54)48(46-53)52-50(55)45-47(42-39-36-33-30-21-18-15-12-9-6-3)57-51(56)44-41-38-35-32-29-23-20-17-14-11-8-5-2/h17,20,47-49,53-54H,4-16,18-19,21-46H2,1-3H3,(H,52,55)/b20-17-. The lowest BCUT2D eigenvalue weighted by molar-refractivity contribution is -0.151. The van der Waals surface area contributed by atoms with Crippen LogP contribution >= 0.6 is 0 Å². The molecule has 0 aliphatic rings. The molecule has 0 saturated heterocycles.